The highest BCUT2D eigenvalue weighted by atomic mass is 32.2. The van der Waals surface area contributed by atoms with E-state index in [0.717, 1.165) is 64.2 Å². The second-order valence-corrected chi connectivity index (χ2v) is 13.3. The van der Waals surface area contributed by atoms with Crippen molar-refractivity contribution in [1.29, 1.82) is 0 Å². The fourth-order valence-electron chi connectivity index (χ4n) is 4.98. The maximum atomic E-state index is 12.8. The molecule has 0 spiro atoms. The van der Waals surface area contributed by atoms with Crippen molar-refractivity contribution in [2.24, 2.45) is 5.92 Å². The number of carboxylic acid groups (broad SMARTS) is 3. The van der Waals surface area contributed by atoms with Crippen LogP contribution in [0.1, 0.15) is 135 Å². The third-order valence-corrected chi connectivity index (χ3v) is 8.46. The smallest absolute Gasteiger partial charge is 0.326 e. The summed E-state index contributed by atoms with van der Waals surface area (Å²) in [6.45, 7) is 1.55. The monoisotopic (exact) mass is 678 g/mol. The number of rotatable bonds is 30. The number of carbonyl (C=O) groups excluding carboxylic acids is 3. The second kappa shape index (κ2) is 25.1. The zero-order chi connectivity index (χ0) is 35.0. The van der Waals surface area contributed by atoms with Gasteiger partial charge in [0.05, 0.1) is 5.92 Å². The molecule has 0 aromatic rings. The van der Waals surface area contributed by atoms with Crippen LogP contribution in [0, 0.1) is 5.92 Å². The first-order valence-electron chi connectivity index (χ1n) is 16.4. The molecule has 0 aliphatic carbocycles. The summed E-state index contributed by atoms with van der Waals surface area (Å²) in [5.74, 6) is -8.17. The predicted octanol–water partition coefficient (Wildman–Crippen LogP) is 4.10. The van der Waals surface area contributed by atoms with E-state index in [2.05, 4.69) is 10.6 Å². The van der Waals surface area contributed by atoms with Gasteiger partial charge in [0.2, 0.25) is 11.8 Å². The minimum absolute atomic E-state index is 0.0241. The molecule has 0 fully saturated rings. The van der Waals surface area contributed by atoms with Gasteiger partial charge in [-0.25, -0.2) is 4.79 Å². The number of carboxylic acids is 3. The number of hydrogen-bond acceptors (Lipinski definition) is 8. The van der Waals surface area contributed by atoms with E-state index in [-0.39, 0.29) is 32.1 Å². The van der Waals surface area contributed by atoms with Crippen molar-refractivity contribution in [3.63, 3.8) is 0 Å². The molecule has 0 heterocycles. The summed E-state index contributed by atoms with van der Waals surface area (Å²) in [5, 5.41) is 31.7. The number of amides is 2. The summed E-state index contributed by atoms with van der Waals surface area (Å²) in [6, 6.07) is -2.81. The van der Waals surface area contributed by atoms with E-state index in [1.807, 2.05) is 0 Å². The molecule has 6 N–H and O–H groups in total. The molecule has 3 unspecified atom stereocenters. The van der Waals surface area contributed by atoms with Gasteiger partial charge in [0, 0.05) is 25.7 Å². The molecule has 266 valence electrons. The Morgan fingerprint density at radius 3 is 1.39 bits per heavy atom. The number of ketones is 1. The van der Waals surface area contributed by atoms with E-state index in [9.17, 15) is 46.8 Å². The minimum Gasteiger partial charge on any atom is -0.481 e. The molecule has 2 amide bonds. The number of nitrogens with one attached hydrogen (secondary N) is 2. The lowest BCUT2D eigenvalue weighted by molar-refractivity contribution is -0.145. The maximum absolute atomic E-state index is 12.8. The van der Waals surface area contributed by atoms with Crippen molar-refractivity contribution in [1.82, 2.24) is 10.6 Å². The average molecular weight is 679 g/mol. The first kappa shape index (κ1) is 42.9. The average Bonchev–Trinajstić information content (AvgIpc) is 2.96. The van der Waals surface area contributed by atoms with Crippen LogP contribution in [-0.4, -0.2) is 81.6 Å². The van der Waals surface area contributed by atoms with E-state index in [1.165, 1.54) is 19.3 Å². The normalized spacial score (nSPS) is 13.3. The molecule has 0 radical (unpaired) electrons. The van der Waals surface area contributed by atoms with E-state index in [4.69, 9.17) is 10.2 Å². The van der Waals surface area contributed by atoms with E-state index in [1.54, 1.807) is 6.92 Å². The van der Waals surface area contributed by atoms with Gasteiger partial charge in [-0.3, -0.25) is 28.5 Å². The first-order valence-corrected chi connectivity index (χ1v) is 18.0. The van der Waals surface area contributed by atoms with E-state index in [0.29, 0.717) is 6.42 Å². The number of Topliss-reactive ketones (excluding diaryl/α,β-unsaturated/α-hetero) is 1. The Hall–Kier alpha value is -3.07. The molecule has 0 saturated heterocycles. The molecule has 0 saturated carbocycles. The van der Waals surface area contributed by atoms with Crippen LogP contribution < -0.4 is 10.6 Å². The molecule has 14 nitrogen and oxygen atoms in total. The van der Waals surface area contributed by atoms with Crippen LogP contribution in [0.15, 0.2) is 0 Å². The quantitative estimate of drug-likeness (QED) is 0.0465. The van der Waals surface area contributed by atoms with Crippen molar-refractivity contribution in [3.8, 4) is 0 Å². The van der Waals surface area contributed by atoms with Crippen LogP contribution in [0.25, 0.3) is 0 Å². The number of hydrogen-bond donors (Lipinski definition) is 6. The third-order valence-electron chi connectivity index (χ3n) is 7.70. The molecule has 0 aromatic heterocycles. The van der Waals surface area contributed by atoms with Crippen LogP contribution in [0.4, 0.5) is 0 Å². The minimum atomic E-state index is -4.69. The van der Waals surface area contributed by atoms with E-state index >= 15 is 0 Å². The van der Waals surface area contributed by atoms with Gasteiger partial charge in [-0.2, -0.15) is 8.42 Å². The molecule has 3 atom stereocenters. The van der Waals surface area contributed by atoms with Crippen LogP contribution in [0.3, 0.4) is 0 Å². The standard InChI is InChI=1S/C31H54N2O12S/c1-2-24(31(41)42)32-28(36)20-19-23(30(39)40)21-26(34)25(22-46(43,44)45)33-27(35)17-15-13-11-9-7-5-3-4-6-8-10-12-14-16-18-29(37)38/h23-25H,2-22H2,1H3,(H,32,36)(H,33,35)(H,37,38)(H,39,40)(H,41,42)(H,43,44,45). The Kier molecular flexibility index (Phi) is 23.4. The Labute approximate surface area is 272 Å². The zero-order valence-electron chi connectivity index (χ0n) is 27.0. The lowest BCUT2D eigenvalue weighted by Crippen LogP contribution is -2.46. The molecule has 0 rings (SSSR count). The summed E-state index contributed by atoms with van der Waals surface area (Å²) >= 11 is 0. The number of unbranched alkanes of at least 4 members (excludes halogenated alkanes) is 13. The van der Waals surface area contributed by atoms with Crippen LogP contribution in [0.5, 0.6) is 0 Å². The summed E-state index contributed by atoms with van der Waals surface area (Å²) in [4.78, 5) is 70.6. The SMILES string of the molecule is CCC(NC(=O)CCC(CC(=O)C(CS(=O)(=O)O)NC(=O)CCCCCCCCCCCCCCCCC(=O)O)C(=O)O)C(=O)O. The summed E-state index contributed by atoms with van der Waals surface area (Å²) in [6.07, 6.45) is 13.0. The third kappa shape index (κ3) is 24.2. The van der Waals surface area contributed by atoms with Crippen LogP contribution in [-0.2, 0) is 38.9 Å². The molecular formula is C31H54N2O12S. The Bertz CT molecular complexity index is 1060. The second-order valence-electron chi connectivity index (χ2n) is 11.8. The van der Waals surface area contributed by atoms with Crippen LogP contribution >= 0.6 is 0 Å². The lowest BCUT2D eigenvalue weighted by Gasteiger charge is -2.19. The lowest BCUT2D eigenvalue weighted by atomic mass is 9.94. The molecule has 46 heavy (non-hydrogen) atoms. The number of aliphatic carboxylic acids is 3. The van der Waals surface area contributed by atoms with Crippen molar-refractivity contribution in [2.75, 3.05) is 5.75 Å². The van der Waals surface area contributed by atoms with Gasteiger partial charge < -0.3 is 26.0 Å². The highest BCUT2D eigenvalue weighted by Crippen LogP contribution is 2.16. The molecule has 0 aromatic carbocycles. The van der Waals surface area contributed by atoms with Gasteiger partial charge in [-0.15, -0.1) is 0 Å². The van der Waals surface area contributed by atoms with E-state index < -0.39 is 75.8 Å². The Balaban J connectivity index is 4.41. The predicted molar refractivity (Wildman–Crippen MR) is 170 cm³/mol. The van der Waals surface area contributed by atoms with Gasteiger partial charge in [0.1, 0.15) is 17.8 Å². The largest absolute Gasteiger partial charge is 0.481 e. The molecule has 0 aliphatic heterocycles. The molecule has 15 heteroatoms. The van der Waals surface area contributed by atoms with Gasteiger partial charge >= 0.3 is 17.9 Å². The topological polar surface area (TPSA) is 242 Å². The summed E-state index contributed by atoms with van der Waals surface area (Å²) < 4.78 is 32.3. The van der Waals surface area contributed by atoms with Gasteiger partial charge in [-0.05, 0) is 25.7 Å². The van der Waals surface area contributed by atoms with Gasteiger partial charge in [0.15, 0.2) is 5.78 Å². The van der Waals surface area contributed by atoms with Crippen molar-refractivity contribution >= 4 is 45.6 Å². The van der Waals surface area contributed by atoms with Crippen molar-refractivity contribution in [3.05, 3.63) is 0 Å². The summed E-state index contributed by atoms with van der Waals surface area (Å²) in [5.41, 5.74) is 0. The Morgan fingerprint density at radius 2 is 1.00 bits per heavy atom. The number of carbonyl (C=O) groups is 6. The first-order chi connectivity index (χ1) is 21.7. The zero-order valence-corrected chi connectivity index (χ0v) is 27.9. The molecular weight excluding hydrogens is 624 g/mol. The van der Waals surface area contributed by atoms with Crippen molar-refractivity contribution in [2.45, 2.75) is 147 Å². The fourth-order valence-corrected chi connectivity index (χ4v) is 5.67. The molecule has 0 bridgehead atoms. The maximum Gasteiger partial charge on any atom is 0.326 e. The van der Waals surface area contributed by atoms with Crippen LogP contribution in [0.2, 0.25) is 0 Å². The highest BCUT2D eigenvalue weighted by Gasteiger charge is 2.31. The molecule has 0 aliphatic rings. The van der Waals surface area contributed by atoms with Crippen molar-refractivity contribution < 1.29 is 57.1 Å². The fraction of sp³-hybridized carbons (Fsp3) is 0.806. The van der Waals surface area contributed by atoms with Gasteiger partial charge in [-0.1, -0.05) is 84.0 Å². The Morgan fingerprint density at radius 1 is 0.587 bits per heavy atom. The van der Waals surface area contributed by atoms with Gasteiger partial charge in [0.25, 0.3) is 10.1 Å². The summed E-state index contributed by atoms with van der Waals surface area (Å²) in [7, 11) is -4.69. The highest BCUT2D eigenvalue weighted by molar-refractivity contribution is 7.85.